The molecule has 0 atom stereocenters. The normalized spacial score (nSPS) is 10.7. The van der Waals surface area contributed by atoms with Crippen LogP contribution in [-0.2, 0) is 0 Å². The predicted octanol–water partition coefficient (Wildman–Crippen LogP) is 2.36. The Bertz CT molecular complexity index is 838. The number of nitro groups is 1. The van der Waals surface area contributed by atoms with Crippen LogP contribution in [0.25, 0.3) is 16.9 Å². The lowest BCUT2D eigenvalue weighted by atomic mass is 10.1. The van der Waals surface area contributed by atoms with Crippen LogP contribution in [0.2, 0.25) is 0 Å². The van der Waals surface area contributed by atoms with E-state index in [1.807, 2.05) is 0 Å². The van der Waals surface area contributed by atoms with E-state index in [4.69, 9.17) is 12.2 Å². The van der Waals surface area contributed by atoms with Gasteiger partial charge in [-0.3, -0.25) is 10.1 Å². The molecule has 3 aromatic rings. The van der Waals surface area contributed by atoms with Gasteiger partial charge in [-0.2, -0.15) is 14.7 Å². The van der Waals surface area contributed by atoms with Crippen molar-refractivity contribution in [2.75, 3.05) is 0 Å². The van der Waals surface area contributed by atoms with Gasteiger partial charge < -0.3 is 0 Å². The number of aromatic amines is 1. The lowest BCUT2D eigenvalue weighted by molar-refractivity contribution is -0.384. The molecule has 0 aliphatic rings. The van der Waals surface area contributed by atoms with Crippen molar-refractivity contribution < 1.29 is 4.92 Å². The predicted molar refractivity (Wildman–Crippen MR) is 70.3 cm³/mol. The number of rotatable bonds is 2. The average Bonchev–Trinajstić information content (AvgIpc) is 2.80. The third-order valence-corrected chi connectivity index (χ3v) is 2.89. The van der Waals surface area contributed by atoms with E-state index in [1.165, 1.54) is 16.6 Å². The van der Waals surface area contributed by atoms with Crippen molar-refractivity contribution in [3.8, 4) is 11.3 Å². The smallest absolute Gasteiger partial charge is 0.258 e. The SMILES string of the molecule is O=[N+]([O-])c1cccc(-c2ccc3n[nH]c(=S)n3n2)c1. The van der Waals surface area contributed by atoms with Gasteiger partial charge in [0.25, 0.3) is 5.69 Å². The quantitative estimate of drug-likeness (QED) is 0.440. The molecule has 1 aromatic carbocycles. The molecule has 0 radical (unpaired) electrons. The second kappa shape index (κ2) is 4.25. The third kappa shape index (κ3) is 1.97. The Labute approximate surface area is 111 Å². The highest BCUT2D eigenvalue weighted by Crippen LogP contribution is 2.22. The molecule has 0 saturated heterocycles. The van der Waals surface area contributed by atoms with Gasteiger partial charge in [-0.15, -0.1) is 0 Å². The molecule has 0 bridgehead atoms. The molecule has 0 aliphatic heterocycles. The van der Waals surface area contributed by atoms with Crippen LogP contribution in [-0.4, -0.2) is 24.7 Å². The number of hydrogen-bond donors (Lipinski definition) is 1. The zero-order valence-electron chi connectivity index (χ0n) is 9.48. The molecule has 7 nitrogen and oxygen atoms in total. The zero-order chi connectivity index (χ0) is 13.4. The van der Waals surface area contributed by atoms with E-state index in [1.54, 1.807) is 24.3 Å². The van der Waals surface area contributed by atoms with E-state index in [2.05, 4.69) is 15.3 Å². The monoisotopic (exact) mass is 273 g/mol. The summed E-state index contributed by atoms with van der Waals surface area (Å²) in [7, 11) is 0. The van der Waals surface area contributed by atoms with Crippen molar-refractivity contribution in [2.45, 2.75) is 0 Å². The molecule has 0 fully saturated rings. The summed E-state index contributed by atoms with van der Waals surface area (Å²) in [6.45, 7) is 0. The Morgan fingerprint density at radius 2 is 2.16 bits per heavy atom. The molecule has 0 unspecified atom stereocenters. The highest BCUT2D eigenvalue weighted by molar-refractivity contribution is 7.71. The highest BCUT2D eigenvalue weighted by atomic mass is 32.1. The van der Waals surface area contributed by atoms with Crippen molar-refractivity contribution >= 4 is 23.6 Å². The Morgan fingerprint density at radius 3 is 2.95 bits per heavy atom. The molecule has 1 N–H and O–H groups in total. The molecule has 2 heterocycles. The van der Waals surface area contributed by atoms with Crippen LogP contribution in [0.1, 0.15) is 0 Å². The Morgan fingerprint density at radius 1 is 1.32 bits per heavy atom. The molecule has 19 heavy (non-hydrogen) atoms. The third-order valence-electron chi connectivity index (χ3n) is 2.63. The summed E-state index contributed by atoms with van der Waals surface area (Å²) in [4.78, 5) is 10.3. The number of nitrogens with zero attached hydrogens (tertiary/aromatic N) is 4. The summed E-state index contributed by atoms with van der Waals surface area (Å²) in [5.74, 6) is 0. The van der Waals surface area contributed by atoms with E-state index < -0.39 is 4.92 Å². The average molecular weight is 273 g/mol. The number of benzene rings is 1. The van der Waals surface area contributed by atoms with Crippen molar-refractivity contribution in [3.63, 3.8) is 0 Å². The molecule has 0 saturated carbocycles. The van der Waals surface area contributed by atoms with Gasteiger partial charge in [-0.25, -0.2) is 5.10 Å². The van der Waals surface area contributed by atoms with E-state index >= 15 is 0 Å². The van der Waals surface area contributed by atoms with Crippen molar-refractivity contribution in [3.05, 3.63) is 51.3 Å². The summed E-state index contributed by atoms with van der Waals surface area (Å²) in [6, 6.07) is 9.76. The first kappa shape index (κ1) is 11.5. The second-order valence-electron chi connectivity index (χ2n) is 3.82. The van der Waals surface area contributed by atoms with Crippen molar-refractivity contribution in [2.24, 2.45) is 0 Å². The molecule has 0 amide bonds. The van der Waals surface area contributed by atoms with Gasteiger partial charge in [-0.1, -0.05) is 12.1 Å². The van der Waals surface area contributed by atoms with Crippen LogP contribution >= 0.6 is 12.2 Å². The summed E-state index contributed by atoms with van der Waals surface area (Å²) in [5.41, 5.74) is 1.86. The van der Waals surface area contributed by atoms with Gasteiger partial charge in [0, 0.05) is 17.7 Å². The van der Waals surface area contributed by atoms with Gasteiger partial charge in [0.1, 0.15) is 0 Å². The molecular weight excluding hydrogens is 266 g/mol. The topological polar surface area (TPSA) is 89.1 Å². The van der Waals surface area contributed by atoms with E-state index in [-0.39, 0.29) is 5.69 Å². The van der Waals surface area contributed by atoms with Crippen molar-refractivity contribution in [1.29, 1.82) is 0 Å². The lowest BCUT2D eigenvalue weighted by Gasteiger charge is -2.01. The highest BCUT2D eigenvalue weighted by Gasteiger charge is 2.09. The summed E-state index contributed by atoms with van der Waals surface area (Å²) in [5, 5.41) is 21.7. The number of H-pyrrole nitrogens is 1. The first-order valence-corrected chi connectivity index (χ1v) is 5.75. The molecular formula is C11H7N5O2S. The van der Waals surface area contributed by atoms with Gasteiger partial charge in [-0.05, 0) is 24.4 Å². The fourth-order valence-electron chi connectivity index (χ4n) is 1.74. The van der Waals surface area contributed by atoms with Crippen LogP contribution in [0.5, 0.6) is 0 Å². The Kier molecular flexibility index (Phi) is 2.57. The van der Waals surface area contributed by atoms with Gasteiger partial charge >= 0.3 is 0 Å². The van der Waals surface area contributed by atoms with Gasteiger partial charge in [0.05, 0.1) is 10.6 Å². The van der Waals surface area contributed by atoms with E-state index in [0.717, 1.165) is 0 Å². The molecule has 94 valence electrons. The zero-order valence-corrected chi connectivity index (χ0v) is 10.3. The largest absolute Gasteiger partial charge is 0.270 e. The Hall–Kier alpha value is -2.61. The molecule has 0 spiro atoms. The van der Waals surface area contributed by atoms with Gasteiger partial charge in [0.15, 0.2) is 5.65 Å². The van der Waals surface area contributed by atoms with Crippen molar-refractivity contribution in [1.82, 2.24) is 19.8 Å². The number of hydrogen-bond acceptors (Lipinski definition) is 5. The standard InChI is InChI=1S/C11H7N5O2S/c17-16(18)8-3-1-2-7(6-8)9-4-5-10-12-13-11(19)15(10)14-9/h1-6H,(H,13,19). The molecule has 2 aromatic heterocycles. The number of nitro benzene ring substituents is 1. The van der Waals surface area contributed by atoms with Crippen LogP contribution in [0.15, 0.2) is 36.4 Å². The maximum absolute atomic E-state index is 10.8. The van der Waals surface area contributed by atoms with Gasteiger partial charge in [0.2, 0.25) is 4.77 Å². The maximum Gasteiger partial charge on any atom is 0.270 e. The van der Waals surface area contributed by atoms with Crippen LogP contribution in [0, 0.1) is 14.9 Å². The number of aromatic nitrogens is 4. The van der Waals surface area contributed by atoms with Crippen LogP contribution in [0.3, 0.4) is 0 Å². The minimum Gasteiger partial charge on any atom is -0.258 e. The Balaban J connectivity index is 2.18. The lowest BCUT2D eigenvalue weighted by Crippen LogP contribution is -1.95. The molecule has 8 heteroatoms. The van der Waals surface area contributed by atoms with Crippen LogP contribution in [0.4, 0.5) is 5.69 Å². The summed E-state index contributed by atoms with van der Waals surface area (Å²) >= 11 is 5.04. The maximum atomic E-state index is 10.8. The minimum absolute atomic E-state index is 0.0233. The first-order chi connectivity index (χ1) is 9.15. The number of non-ortho nitro benzene ring substituents is 1. The minimum atomic E-state index is -0.439. The van der Waals surface area contributed by atoms with E-state index in [9.17, 15) is 10.1 Å². The number of fused-ring (bicyclic) bond motifs is 1. The molecule has 3 rings (SSSR count). The number of nitrogens with one attached hydrogen (secondary N) is 1. The molecule has 0 aliphatic carbocycles. The summed E-state index contributed by atoms with van der Waals surface area (Å²) in [6.07, 6.45) is 0. The van der Waals surface area contributed by atoms with E-state index in [0.29, 0.717) is 21.7 Å². The first-order valence-electron chi connectivity index (χ1n) is 5.34. The fraction of sp³-hybridized carbons (Fsp3) is 0. The second-order valence-corrected chi connectivity index (χ2v) is 4.21. The summed E-state index contributed by atoms with van der Waals surface area (Å²) < 4.78 is 1.85. The van der Waals surface area contributed by atoms with Crippen LogP contribution < -0.4 is 0 Å². The fourth-order valence-corrected chi connectivity index (χ4v) is 1.92.